The largest absolute Gasteiger partial charge is 0.338 e. The third-order valence-corrected chi connectivity index (χ3v) is 1.69. The lowest BCUT2D eigenvalue weighted by molar-refractivity contribution is 0.0786. The number of aromatic amines is 1. The Kier molecular flexibility index (Phi) is 3.18. The molecule has 6 nitrogen and oxygen atoms in total. The molecule has 0 aliphatic rings. The van der Waals surface area contributed by atoms with E-state index in [1.165, 1.54) is 4.90 Å². The van der Waals surface area contributed by atoms with Gasteiger partial charge in [0.1, 0.15) is 5.82 Å². The summed E-state index contributed by atoms with van der Waals surface area (Å²) in [6.07, 6.45) is 0.311. The van der Waals surface area contributed by atoms with Crippen LogP contribution >= 0.6 is 0 Å². The Labute approximate surface area is 81.6 Å². The summed E-state index contributed by atoms with van der Waals surface area (Å²) in [6.45, 7) is 2.11. The summed E-state index contributed by atoms with van der Waals surface area (Å²) in [4.78, 5) is 16.9. The fourth-order valence-electron chi connectivity index (χ4n) is 0.928. The molecule has 1 aromatic heterocycles. The fraction of sp³-hybridized carbons (Fsp3) is 0.500. The van der Waals surface area contributed by atoms with Gasteiger partial charge in [-0.15, -0.1) is 5.10 Å². The Balaban J connectivity index is 2.62. The van der Waals surface area contributed by atoms with Crippen molar-refractivity contribution in [3.63, 3.8) is 0 Å². The predicted molar refractivity (Wildman–Crippen MR) is 48.3 cm³/mol. The number of H-pyrrole nitrogens is 1. The van der Waals surface area contributed by atoms with Gasteiger partial charge in [0, 0.05) is 13.6 Å². The van der Waals surface area contributed by atoms with Gasteiger partial charge in [-0.2, -0.15) is 5.26 Å². The number of rotatable bonds is 3. The molecule has 1 amide bonds. The van der Waals surface area contributed by atoms with E-state index in [2.05, 4.69) is 15.2 Å². The Bertz CT molecular complexity index is 364. The average molecular weight is 193 g/mol. The summed E-state index contributed by atoms with van der Waals surface area (Å²) >= 11 is 0. The monoisotopic (exact) mass is 193 g/mol. The number of nitrogens with one attached hydrogen (secondary N) is 1. The second kappa shape index (κ2) is 4.37. The van der Waals surface area contributed by atoms with Crippen LogP contribution in [0.4, 0.5) is 0 Å². The smallest absolute Gasteiger partial charge is 0.293 e. The van der Waals surface area contributed by atoms with Gasteiger partial charge in [0.05, 0.1) is 12.5 Å². The Morgan fingerprint density at radius 3 is 2.93 bits per heavy atom. The average Bonchev–Trinajstić information content (AvgIpc) is 2.60. The van der Waals surface area contributed by atoms with Crippen LogP contribution in [0.5, 0.6) is 0 Å². The third kappa shape index (κ3) is 2.29. The zero-order valence-electron chi connectivity index (χ0n) is 8.11. The van der Waals surface area contributed by atoms with Crippen LogP contribution in [0, 0.1) is 18.3 Å². The number of nitrogens with zero attached hydrogens (tertiary/aromatic N) is 4. The first-order chi connectivity index (χ1) is 6.65. The van der Waals surface area contributed by atoms with Crippen molar-refractivity contribution in [2.24, 2.45) is 0 Å². The summed E-state index contributed by atoms with van der Waals surface area (Å²) < 4.78 is 0. The van der Waals surface area contributed by atoms with E-state index in [0.717, 1.165) is 0 Å². The van der Waals surface area contributed by atoms with Gasteiger partial charge in [0.25, 0.3) is 5.91 Å². The molecule has 0 atom stereocenters. The maximum atomic E-state index is 11.5. The van der Waals surface area contributed by atoms with Gasteiger partial charge in [-0.05, 0) is 6.92 Å². The van der Waals surface area contributed by atoms with E-state index >= 15 is 0 Å². The summed E-state index contributed by atoms with van der Waals surface area (Å²) in [7, 11) is 1.62. The van der Waals surface area contributed by atoms with E-state index in [1.54, 1.807) is 14.0 Å². The minimum Gasteiger partial charge on any atom is -0.338 e. The molecule has 14 heavy (non-hydrogen) atoms. The van der Waals surface area contributed by atoms with E-state index in [-0.39, 0.29) is 11.7 Å². The van der Waals surface area contributed by atoms with Crippen molar-refractivity contribution in [3.05, 3.63) is 11.6 Å². The lowest BCUT2D eigenvalue weighted by Crippen LogP contribution is -2.28. The van der Waals surface area contributed by atoms with Crippen molar-refractivity contribution >= 4 is 5.91 Å². The predicted octanol–water partition coefficient (Wildman–Crippen LogP) is 0.0988. The number of carbonyl (C=O) groups is 1. The lowest BCUT2D eigenvalue weighted by atomic mass is 10.4. The molecule has 0 saturated heterocycles. The molecule has 0 aromatic carbocycles. The maximum absolute atomic E-state index is 11.5. The first-order valence-electron chi connectivity index (χ1n) is 4.16. The maximum Gasteiger partial charge on any atom is 0.293 e. The number of nitriles is 1. The molecule has 0 aliphatic carbocycles. The Morgan fingerprint density at radius 2 is 2.43 bits per heavy atom. The van der Waals surface area contributed by atoms with Gasteiger partial charge in [0.2, 0.25) is 5.82 Å². The molecule has 0 aliphatic heterocycles. The number of hydrogen-bond donors (Lipinski definition) is 1. The highest BCUT2D eigenvalue weighted by molar-refractivity contribution is 5.90. The summed E-state index contributed by atoms with van der Waals surface area (Å²) in [5.41, 5.74) is 0. The molecule has 0 bridgehead atoms. The molecule has 6 heteroatoms. The molecular formula is C8H11N5O. The van der Waals surface area contributed by atoms with Gasteiger partial charge >= 0.3 is 0 Å². The van der Waals surface area contributed by atoms with Crippen LogP contribution in [-0.4, -0.2) is 39.6 Å². The molecular weight excluding hydrogens is 182 g/mol. The first-order valence-corrected chi connectivity index (χ1v) is 4.16. The van der Waals surface area contributed by atoms with Gasteiger partial charge in [0.15, 0.2) is 0 Å². The van der Waals surface area contributed by atoms with E-state index in [4.69, 9.17) is 5.26 Å². The van der Waals surface area contributed by atoms with Crippen LogP contribution in [0.1, 0.15) is 22.9 Å². The van der Waals surface area contributed by atoms with Crippen molar-refractivity contribution in [2.75, 3.05) is 13.6 Å². The molecule has 1 rings (SSSR count). The van der Waals surface area contributed by atoms with Crippen LogP contribution in [0.25, 0.3) is 0 Å². The van der Waals surface area contributed by atoms with Gasteiger partial charge < -0.3 is 4.90 Å². The van der Waals surface area contributed by atoms with E-state index in [1.807, 2.05) is 6.07 Å². The van der Waals surface area contributed by atoms with Crippen molar-refractivity contribution in [3.8, 4) is 6.07 Å². The van der Waals surface area contributed by atoms with Gasteiger partial charge in [-0.3, -0.25) is 9.89 Å². The normalized spacial score (nSPS) is 9.50. The first kappa shape index (κ1) is 10.2. The standard InChI is InChI=1S/C8H11N5O/c1-6-10-7(12-11-6)8(14)13(2)5-3-4-9/h3,5H2,1-2H3,(H,10,11,12). The third-order valence-electron chi connectivity index (χ3n) is 1.69. The summed E-state index contributed by atoms with van der Waals surface area (Å²) in [5, 5.41) is 14.7. The topological polar surface area (TPSA) is 85.7 Å². The lowest BCUT2D eigenvalue weighted by Gasteiger charge is -2.12. The molecule has 1 aromatic rings. The molecule has 0 unspecified atom stereocenters. The highest BCUT2D eigenvalue weighted by atomic mass is 16.2. The Morgan fingerprint density at radius 1 is 1.71 bits per heavy atom. The van der Waals surface area contributed by atoms with Crippen LogP contribution in [-0.2, 0) is 0 Å². The molecule has 0 fully saturated rings. The van der Waals surface area contributed by atoms with Gasteiger partial charge in [-0.25, -0.2) is 4.98 Å². The zero-order valence-corrected chi connectivity index (χ0v) is 8.11. The molecule has 0 saturated carbocycles. The SMILES string of the molecule is Cc1nc(C(=O)N(C)CCC#N)n[nH]1. The van der Waals surface area contributed by atoms with Crippen LogP contribution < -0.4 is 0 Å². The minimum absolute atomic E-state index is 0.142. The molecule has 1 N–H and O–H groups in total. The van der Waals surface area contributed by atoms with E-state index < -0.39 is 0 Å². The highest BCUT2D eigenvalue weighted by Gasteiger charge is 2.15. The minimum atomic E-state index is -0.274. The number of amides is 1. The second-order valence-electron chi connectivity index (χ2n) is 2.88. The molecule has 0 radical (unpaired) electrons. The van der Waals surface area contributed by atoms with Crippen LogP contribution in [0.15, 0.2) is 0 Å². The highest BCUT2D eigenvalue weighted by Crippen LogP contribution is 1.97. The van der Waals surface area contributed by atoms with E-state index in [0.29, 0.717) is 18.8 Å². The second-order valence-corrected chi connectivity index (χ2v) is 2.88. The summed E-state index contributed by atoms with van der Waals surface area (Å²) in [6, 6.07) is 1.97. The summed E-state index contributed by atoms with van der Waals surface area (Å²) in [5.74, 6) is 0.467. The zero-order chi connectivity index (χ0) is 10.6. The van der Waals surface area contributed by atoms with Crippen LogP contribution in [0.2, 0.25) is 0 Å². The van der Waals surface area contributed by atoms with Crippen LogP contribution in [0.3, 0.4) is 0 Å². The van der Waals surface area contributed by atoms with E-state index in [9.17, 15) is 4.79 Å². The molecule has 74 valence electrons. The number of aromatic nitrogens is 3. The van der Waals surface area contributed by atoms with Crippen molar-refractivity contribution in [2.45, 2.75) is 13.3 Å². The van der Waals surface area contributed by atoms with Crippen molar-refractivity contribution in [1.29, 1.82) is 5.26 Å². The Hall–Kier alpha value is -1.90. The fourth-order valence-corrected chi connectivity index (χ4v) is 0.928. The number of carbonyl (C=O) groups excluding carboxylic acids is 1. The van der Waals surface area contributed by atoms with Crippen molar-refractivity contribution < 1.29 is 4.79 Å². The molecule has 0 spiro atoms. The number of aryl methyl sites for hydroxylation is 1. The molecule has 1 heterocycles. The number of hydrogen-bond acceptors (Lipinski definition) is 4. The quantitative estimate of drug-likeness (QED) is 0.737. The van der Waals surface area contributed by atoms with Crippen molar-refractivity contribution in [1.82, 2.24) is 20.1 Å². The van der Waals surface area contributed by atoms with Gasteiger partial charge in [-0.1, -0.05) is 0 Å².